The fourth-order valence-corrected chi connectivity index (χ4v) is 7.46. The van der Waals surface area contributed by atoms with E-state index in [1.54, 1.807) is 44.2 Å². The number of benzene rings is 2. The van der Waals surface area contributed by atoms with Gasteiger partial charge in [-0.05, 0) is 55.3 Å². The topological polar surface area (TPSA) is 232 Å². The van der Waals surface area contributed by atoms with E-state index in [9.17, 15) is 45.4 Å². The molecule has 0 aromatic heterocycles. The predicted octanol–water partition coefficient (Wildman–Crippen LogP) is 4.44. The summed E-state index contributed by atoms with van der Waals surface area (Å²) in [6, 6.07) is 4.98. The first kappa shape index (κ1) is 39.2. The molecule has 0 fully saturated rings. The number of nitrogens with one attached hydrogen (secondary N) is 2. The first-order chi connectivity index (χ1) is 24.9. The third-order valence-electron chi connectivity index (χ3n) is 8.44. The van der Waals surface area contributed by atoms with Gasteiger partial charge in [0.25, 0.3) is 20.2 Å². The number of nitrogens with zero attached hydrogens (tertiary/aromatic N) is 2. The van der Waals surface area contributed by atoms with Crippen molar-refractivity contribution in [1.29, 1.82) is 0 Å². The fourth-order valence-electron chi connectivity index (χ4n) is 5.71. The first-order valence-corrected chi connectivity index (χ1v) is 19.1. The summed E-state index contributed by atoms with van der Waals surface area (Å²) < 4.78 is 65.3. The van der Waals surface area contributed by atoms with Gasteiger partial charge in [0.15, 0.2) is 0 Å². The van der Waals surface area contributed by atoms with Gasteiger partial charge in [-0.15, -0.1) is 0 Å². The van der Waals surface area contributed by atoms with E-state index in [4.69, 9.17) is 23.2 Å². The van der Waals surface area contributed by atoms with Crippen LogP contribution < -0.4 is 16.0 Å². The number of Topliss-reactive ketones (excluding diaryl/α,β-unsaturated/α-hetero) is 1. The zero-order valence-electron chi connectivity index (χ0n) is 27.6. The second kappa shape index (κ2) is 15.6. The van der Waals surface area contributed by atoms with Crippen LogP contribution in [0.4, 0.5) is 11.4 Å². The number of ketones is 2. The van der Waals surface area contributed by atoms with Gasteiger partial charge in [-0.2, -0.15) is 27.0 Å². The monoisotopic (exact) mass is 799 g/mol. The van der Waals surface area contributed by atoms with E-state index in [-0.39, 0.29) is 50.3 Å². The highest BCUT2D eigenvalue weighted by molar-refractivity contribution is 7.86. The van der Waals surface area contributed by atoms with Gasteiger partial charge in [-0.25, -0.2) is 0 Å². The van der Waals surface area contributed by atoms with Crippen LogP contribution in [-0.4, -0.2) is 54.9 Å². The number of hydrogen-bond acceptors (Lipinski definition) is 12. The van der Waals surface area contributed by atoms with E-state index in [0.717, 1.165) is 6.07 Å². The molecular formula is C35H29Cl2N4O10S2-. The number of carboxylic acids is 1. The van der Waals surface area contributed by atoms with Crippen molar-refractivity contribution in [1.82, 2.24) is 0 Å². The molecule has 276 valence electrons. The zero-order valence-corrected chi connectivity index (χ0v) is 30.7. The molecule has 0 saturated carbocycles. The predicted molar refractivity (Wildman–Crippen MR) is 197 cm³/mol. The molecule has 4 atom stereocenters. The molecular weight excluding hydrogens is 771 g/mol. The van der Waals surface area contributed by atoms with Gasteiger partial charge < -0.3 is 9.90 Å². The average Bonchev–Trinajstić information content (AvgIpc) is 3.09. The maximum atomic E-state index is 12.5. The van der Waals surface area contributed by atoms with Crippen LogP contribution in [0.2, 0.25) is 10.0 Å². The van der Waals surface area contributed by atoms with E-state index in [1.165, 1.54) is 30.4 Å². The van der Waals surface area contributed by atoms with E-state index >= 15 is 0 Å². The third-order valence-corrected chi connectivity index (χ3v) is 11.0. The van der Waals surface area contributed by atoms with Crippen molar-refractivity contribution in [3.63, 3.8) is 0 Å². The maximum absolute atomic E-state index is 12.5. The first-order valence-electron chi connectivity index (χ1n) is 15.5. The van der Waals surface area contributed by atoms with Gasteiger partial charge in [-0.3, -0.25) is 29.5 Å². The number of carboxylic acid groups (broad SMARTS) is 1. The smallest absolute Gasteiger partial charge is 0.296 e. The highest BCUT2D eigenvalue weighted by Gasteiger charge is 2.35. The lowest BCUT2D eigenvalue weighted by Crippen LogP contribution is -2.40. The van der Waals surface area contributed by atoms with Crippen LogP contribution in [0.15, 0.2) is 117 Å². The molecule has 6 rings (SSSR count). The second-order valence-corrected chi connectivity index (χ2v) is 15.6. The summed E-state index contributed by atoms with van der Waals surface area (Å²) >= 11 is 12.0. The summed E-state index contributed by atoms with van der Waals surface area (Å²) in [5.41, 5.74) is 5.33. The molecule has 4 aliphatic rings. The average molecular weight is 801 g/mol. The van der Waals surface area contributed by atoms with Gasteiger partial charge in [0.2, 0.25) is 11.6 Å². The number of fused-ring (bicyclic) bond motifs is 2. The van der Waals surface area contributed by atoms with Crippen LogP contribution in [-0.2, 0) is 34.6 Å². The van der Waals surface area contributed by atoms with E-state index in [0.29, 0.717) is 16.1 Å². The Bertz CT molecular complexity index is 2390. The number of anilines is 2. The Kier molecular flexibility index (Phi) is 11.5. The molecule has 14 nitrogen and oxygen atoms in total. The summed E-state index contributed by atoms with van der Waals surface area (Å²) in [5.74, 6) is -3.91. The van der Waals surface area contributed by atoms with Crippen molar-refractivity contribution in [3.05, 3.63) is 118 Å². The number of carbonyl (C=O) groups excluding carboxylic acids is 3. The number of rotatable bonds is 7. The van der Waals surface area contributed by atoms with Crippen LogP contribution in [0.1, 0.15) is 11.1 Å². The molecule has 0 saturated heterocycles. The van der Waals surface area contributed by atoms with Crippen molar-refractivity contribution in [3.8, 4) is 0 Å². The summed E-state index contributed by atoms with van der Waals surface area (Å²) in [5, 5.41) is 19.9. The Morgan fingerprint density at radius 1 is 0.717 bits per heavy atom. The highest BCUT2D eigenvalue weighted by Crippen LogP contribution is 2.33. The minimum Gasteiger partial charge on any atom is -0.545 e. The van der Waals surface area contributed by atoms with E-state index in [1.807, 2.05) is 24.3 Å². The van der Waals surface area contributed by atoms with Crippen LogP contribution in [0.3, 0.4) is 0 Å². The van der Waals surface area contributed by atoms with Gasteiger partial charge in [0, 0.05) is 39.3 Å². The van der Waals surface area contributed by atoms with Crippen molar-refractivity contribution in [2.45, 2.75) is 23.6 Å². The second-order valence-electron chi connectivity index (χ2n) is 12.0. The van der Waals surface area contributed by atoms with Crippen molar-refractivity contribution < 1.29 is 45.4 Å². The minimum atomic E-state index is -4.60. The standard InChI is InChI=1S/C18H15ClN2O6S.C17H15ClN2O4S/c1-9-6-15(28(25,26)27)14(8-13(9)19)20-21-16-11-5-3-2-4-10(11)7-12(17(16)22)18(23)24;1-10-8-16(25(22,23)24)14(9-13(10)18)19-20-17-12-5-3-2-4-11(12)6-7-15(17)21/h2-8,10-11,20H,1H3,(H,23,24)(H,25,26,27);2-9,11-12,19H,1H3,(H,22,23,24)/p-1/b21-16+;20-17+. The SMILES string of the molecule is Cc1cc(S(=O)(=O)O)c(N/N=C2/C(=O)C(C(=O)[O-])=CC3C=CC=CC23)cc1Cl.Cc1cc(S(=O)(=O)O)c(N/N=C2/C(=O)C=CC3C=CC=CC23)cc1Cl. The quantitative estimate of drug-likeness (QED) is 0.173. The lowest BCUT2D eigenvalue weighted by atomic mass is 9.76. The van der Waals surface area contributed by atoms with Gasteiger partial charge in [0.1, 0.15) is 21.2 Å². The van der Waals surface area contributed by atoms with E-state index in [2.05, 4.69) is 21.1 Å². The maximum Gasteiger partial charge on any atom is 0.296 e. The van der Waals surface area contributed by atoms with Crippen LogP contribution in [0.5, 0.6) is 0 Å². The molecule has 0 amide bonds. The molecule has 0 bridgehead atoms. The zero-order chi connectivity index (χ0) is 38.8. The van der Waals surface area contributed by atoms with Gasteiger partial charge in [-0.1, -0.05) is 84.0 Å². The Morgan fingerprint density at radius 3 is 1.66 bits per heavy atom. The number of hydrogen-bond donors (Lipinski definition) is 4. The number of allylic oxidation sites excluding steroid dienone is 11. The van der Waals surface area contributed by atoms with Crippen LogP contribution in [0.25, 0.3) is 0 Å². The van der Waals surface area contributed by atoms with Gasteiger partial charge >= 0.3 is 0 Å². The Hall–Kier alpha value is -4.97. The number of hydrazone groups is 2. The van der Waals surface area contributed by atoms with Crippen LogP contribution in [0, 0.1) is 37.5 Å². The summed E-state index contributed by atoms with van der Waals surface area (Å²) in [7, 11) is -9.08. The van der Waals surface area contributed by atoms with Crippen molar-refractivity contribution in [2.24, 2.45) is 33.9 Å². The molecule has 0 heterocycles. The number of carbonyl (C=O) groups is 3. The molecule has 4 unspecified atom stereocenters. The number of halogens is 2. The minimum absolute atomic E-state index is 0.000154. The fraction of sp³-hybridized carbons (Fsp3) is 0.171. The molecule has 2 aromatic rings. The third kappa shape index (κ3) is 8.81. The lowest BCUT2D eigenvalue weighted by Gasteiger charge is -2.28. The summed E-state index contributed by atoms with van der Waals surface area (Å²) in [6.45, 7) is 3.17. The highest BCUT2D eigenvalue weighted by atomic mass is 35.5. The molecule has 0 spiro atoms. The Morgan fingerprint density at radius 2 is 1.17 bits per heavy atom. The molecule has 2 aromatic carbocycles. The Balaban J connectivity index is 0.000000206. The van der Waals surface area contributed by atoms with Crippen molar-refractivity contribution in [2.75, 3.05) is 10.9 Å². The molecule has 0 aliphatic heterocycles. The van der Waals surface area contributed by atoms with Crippen molar-refractivity contribution >= 4 is 83.8 Å². The Labute approximate surface area is 314 Å². The van der Waals surface area contributed by atoms with E-state index < -0.39 is 54.3 Å². The normalized spacial score (nSPS) is 23.2. The molecule has 4 aliphatic carbocycles. The molecule has 4 N–H and O–H groups in total. The molecule has 53 heavy (non-hydrogen) atoms. The lowest BCUT2D eigenvalue weighted by molar-refractivity contribution is -0.298. The number of aryl methyl sites for hydroxylation is 2. The molecule has 0 radical (unpaired) electrons. The largest absolute Gasteiger partial charge is 0.545 e. The summed E-state index contributed by atoms with van der Waals surface area (Å²) in [6.07, 6.45) is 18.9. The van der Waals surface area contributed by atoms with Crippen LogP contribution >= 0.6 is 23.2 Å². The number of aliphatic carboxylic acids is 1. The molecule has 18 heteroatoms. The van der Waals surface area contributed by atoms with Gasteiger partial charge in [0.05, 0.1) is 17.3 Å². The summed E-state index contributed by atoms with van der Waals surface area (Å²) in [4.78, 5) is 35.1.